The topological polar surface area (TPSA) is 93.1 Å². The highest BCUT2D eigenvalue weighted by molar-refractivity contribution is 5.70. The molecule has 0 fully saturated rings. The van der Waals surface area contributed by atoms with Gasteiger partial charge in [-0.05, 0) is 50.9 Å². The Morgan fingerprint density at radius 3 is 1.76 bits per heavy atom. The molecule has 0 radical (unpaired) electrons. The van der Waals surface area contributed by atoms with Crippen LogP contribution in [0.1, 0.15) is 130 Å². The number of unbranched alkanes of at least 4 members (excludes halogenated alkanes) is 7. The van der Waals surface area contributed by atoms with Gasteiger partial charge in [0.15, 0.2) is 0 Å². The van der Waals surface area contributed by atoms with Gasteiger partial charge >= 0.3 is 11.9 Å². The standard InChI is InChI=1S/C39H64O6/c1-4-5-23-29-36(40)30-25-20-16-11-9-7-6-8-10-12-17-21-26-31-38(42)44-33-37(41)34-45-39(43)32-27-22-18-14-13-15-19-24-28-35(2)3/h5,7-10,16-17,20-21,23,25,30,35-37,40-41H,4,6,11-15,18-19,22,24,26-29,31-34H2,1-3H3/b9-7-,10-8-,20-16+,21-17-,23-5-,30-25+/t36?,37-/m1/s1. The van der Waals surface area contributed by atoms with E-state index in [4.69, 9.17) is 9.47 Å². The minimum absolute atomic E-state index is 0.152. The molecule has 0 aromatic carbocycles. The molecule has 0 aliphatic rings. The summed E-state index contributed by atoms with van der Waals surface area (Å²) in [7, 11) is 0. The number of carbonyl (C=O) groups is 2. The van der Waals surface area contributed by atoms with E-state index in [1.54, 1.807) is 6.08 Å². The lowest BCUT2D eigenvalue weighted by molar-refractivity contribution is -0.152. The number of hydrogen-bond acceptors (Lipinski definition) is 6. The second-order valence-corrected chi connectivity index (χ2v) is 11.9. The molecule has 256 valence electrons. The van der Waals surface area contributed by atoms with Crippen molar-refractivity contribution in [3.05, 3.63) is 72.9 Å². The fourth-order valence-corrected chi connectivity index (χ4v) is 4.32. The van der Waals surface area contributed by atoms with Crippen LogP contribution in [0.25, 0.3) is 0 Å². The van der Waals surface area contributed by atoms with Crippen molar-refractivity contribution in [2.45, 2.75) is 142 Å². The van der Waals surface area contributed by atoms with Crippen LogP contribution in [0.5, 0.6) is 0 Å². The number of hydrogen-bond donors (Lipinski definition) is 2. The SMILES string of the molecule is CC/C=C\CC(O)/C=C/C=C/C/C=C\C/C=C\C/C=C\CCC(=O)OC[C@@H](O)COC(=O)CCCCCCCCCCC(C)C. The molecule has 6 heteroatoms. The van der Waals surface area contributed by atoms with Crippen LogP contribution in [0.4, 0.5) is 0 Å². The monoisotopic (exact) mass is 628 g/mol. The number of aliphatic hydroxyl groups is 2. The van der Waals surface area contributed by atoms with E-state index >= 15 is 0 Å². The third-order valence-corrected chi connectivity index (χ3v) is 6.98. The Hall–Kier alpha value is -2.70. The molecule has 2 atom stereocenters. The van der Waals surface area contributed by atoms with Crippen molar-refractivity contribution < 1.29 is 29.3 Å². The number of carbonyl (C=O) groups excluding carboxylic acids is 2. The van der Waals surface area contributed by atoms with Crippen molar-refractivity contribution in [1.29, 1.82) is 0 Å². The normalized spacial score (nSPS) is 13.9. The maximum Gasteiger partial charge on any atom is 0.306 e. The molecule has 0 aliphatic carbocycles. The molecule has 0 rings (SSSR count). The first-order valence-corrected chi connectivity index (χ1v) is 17.5. The van der Waals surface area contributed by atoms with E-state index in [1.165, 1.54) is 38.5 Å². The zero-order chi connectivity index (χ0) is 33.2. The number of ether oxygens (including phenoxy) is 2. The van der Waals surface area contributed by atoms with Crippen LogP contribution in [-0.4, -0.2) is 47.6 Å². The first-order valence-electron chi connectivity index (χ1n) is 17.5. The Kier molecular flexibility index (Phi) is 30.7. The fraction of sp³-hybridized carbons (Fsp3) is 0.641. The van der Waals surface area contributed by atoms with Crippen molar-refractivity contribution in [3.8, 4) is 0 Å². The average molecular weight is 629 g/mol. The molecule has 1 unspecified atom stereocenters. The Balaban J connectivity index is 3.69. The molecule has 0 saturated carbocycles. The van der Waals surface area contributed by atoms with E-state index < -0.39 is 12.2 Å². The lowest BCUT2D eigenvalue weighted by atomic mass is 10.0. The van der Waals surface area contributed by atoms with Crippen LogP contribution < -0.4 is 0 Å². The number of aliphatic hydroxyl groups excluding tert-OH is 2. The molecular formula is C39H64O6. The smallest absolute Gasteiger partial charge is 0.306 e. The van der Waals surface area contributed by atoms with Gasteiger partial charge in [0, 0.05) is 12.8 Å². The van der Waals surface area contributed by atoms with Crippen molar-refractivity contribution in [2.75, 3.05) is 13.2 Å². The van der Waals surface area contributed by atoms with E-state index in [9.17, 15) is 19.8 Å². The molecule has 0 spiro atoms. The summed E-state index contributed by atoms with van der Waals surface area (Å²) in [6, 6.07) is 0. The van der Waals surface area contributed by atoms with Crippen LogP contribution in [0.3, 0.4) is 0 Å². The Labute approximate surface area is 275 Å². The zero-order valence-corrected chi connectivity index (χ0v) is 28.6. The summed E-state index contributed by atoms with van der Waals surface area (Å²) >= 11 is 0. The van der Waals surface area contributed by atoms with Crippen LogP contribution in [0, 0.1) is 5.92 Å². The Morgan fingerprint density at radius 2 is 1.16 bits per heavy atom. The van der Waals surface area contributed by atoms with Crippen LogP contribution in [0.2, 0.25) is 0 Å². The molecule has 45 heavy (non-hydrogen) atoms. The second kappa shape index (κ2) is 32.7. The summed E-state index contributed by atoms with van der Waals surface area (Å²) in [4.78, 5) is 23.8. The van der Waals surface area contributed by atoms with Gasteiger partial charge in [0.1, 0.15) is 19.3 Å². The summed E-state index contributed by atoms with van der Waals surface area (Å²) in [6.07, 6.45) is 38.7. The summed E-state index contributed by atoms with van der Waals surface area (Å²) in [5.41, 5.74) is 0. The minimum Gasteiger partial charge on any atom is -0.463 e. The molecule has 0 heterocycles. The van der Waals surface area contributed by atoms with E-state index in [1.807, 2.05) is 30.4 Å². The van der Waals surface area contributed by atoms with E-state index in [2.05, 4.69) is 57.2 Å². The Bertz CT molecular complexity index is 880. The fourth-order valence-electron chi connectivity index (χ4n) is 4.32. The van der Waals surface area contributed by atoms with E-state index in [0.717, 1.165) is 50.9 Å². The third-order valence-electron chi connectivity index (χ3n) is 6.98. The van der Waals surface area contributed by atoms with Gasteiger partial charge in [0.25, 0.3) is 0 Å². The zero-order valence-electron chi connectivity index (χ0n) is 28.6. The van der Waals surface area contributed by atoms with Crippen LogP contribution in [0.15, 0.2) is 72.9 Å². The molecule has 6 nitrogen and oxygen atoms in total. The number of rotatable bonds is 29. The van der Waals surface area contributed by atoms with Gasteiger partial charge in [-0.3, -0.25) is 9.59 Å². The average Bonchev–Trinajstić information content (AvgIpc) is 3.01. The molecule has 0 aromatic rings. The quantitative estimate of drug-likeness (QED) is 0.0371. The lowest BCUT2D eigenvalue weighted by Gasteiger charge is -2.12. The predicted molar refractivity (Wildman–Crippen MR) is 188 cm³/mol. The first-order chi connectivity index (χ1) is 21.8. The molecule has 0 amide bonds. The minimum atomic E-state index is -1.01. The van der Waals surface area contributed by atoms with Crippen molar-refractivity contribution >= 4 is 11.9 Å². The second-order valence-electron chi connectivity index (χ2n) is 11.9. The molecule has 0 bridgehead atoms. The van der Waals surface area contributed by atoms with Gasteiger partial charge in [0.2, 0.25) is 0 Å². The van der Waals surface area contributed by atoms with Crippen LogP contribution >= 0.6 is 0 Å². The highest BCUT2D eigenvalue weighted by atomic mass is 16.6. The van der Waals surface area contributed by atoms with Gasteiger partial charge in [-0.25, -0.2) is 0 Å². The van der Waals surface area contributed by atoms with Crippen molar-refractivity contribution in [3.63, 3.8) is 0 Å². The maximum absolute atomic E-state index is 11.9. The molecule has 0 saturated heterocycles. The lowest BCUT2D eigenvalue weighted by Crippen LogP contribution is -2.25. The largest absolute Gasteiger partial charge is 0.463 e. The third kappa shape index (κ3) is 34.0. The van der Waals surface area contributed by atoms with Gasteiger partial charge in [-0.2, -0.15) is 0 Å². The molecule has 2 N–H and O–H groups in total. The summed E-state index contributed by atoms with van der Waals surface area (Å²) < 4.78 is 10.2. The summed E-state index contributed by atoms with van der Waals surface area (Å²) in [5, 5.41) is 19.7. The molecule has 0 aromatic heterocycles. The van der Waals surface area contributed by atoms with Gasteiger partial charge in [-0.1, -0.05) is 145 Å². The first kappa shape index (κ1) is 42.3. The summed E-state index contributed by atoms with van der Waals surface area (Å²) in [5.74, 6) is 0.107. The van der Waals surface area contributed by atoms with Gasteiger partial charge in [0.05, 0.1) is 6.10 Å². The Morgan fingerprint density at radius 1 is 0.622 bits per heavy atom. The summed E-state index contributed by atoms with van der Waals surface area (Å²) in [6.45, 7) is 6.30. The maximum atomic E-state index is 11.9. The van der Waals surface area contributed by atoms with Crippen molar-refractivity contribution in [2.24, 2.45) is 5.92 Å². The molecular weight excluding hydrogens is 564 g/mol. The van der Waals surface area contributed by atoms with E-state index in [0.29, 0.717) is 19.3 Å². The van der Waals surface area contributed by atoms with Crippen molar-refractivity contribution in [1.82, 2.24) is 0 Å². The number of allylic oxidation sites excluding steroid dienone is 10. The van der Waals surface area contributed by atoms with Gasteiger partial charge < -0.3 is 19.7 Å². The predicted octanol–water partition coefficient (Wildman–Crippen LogP) is 9.44. The van der Waals surface area contributed by atoms with E-state index in [-0.39, 0.29) is 31.6 Å². The molecule has 0 aliphatic heterocycles. The van der Waals surface area contributed by atoms with Crippen LogP contribution in [-0.2, 0) is 19.1 Å². The highest BCUT2D eigenvalue weighted by Gasteiger charge is 2.11. The number of esters is 2. The van der Waals surface area contributed by atoms with Gasteiger partial charge in [-0.15, -0.1) is 0 Å². The highest BCUT2D eigenvalue weighted by Crippen LogP contribution is 2.13.